The van der Waals surface area contributed by atoms with E-state index < -0.39 is 6.10 Å². The van der Waals surface area contributed by atoms with Crippen molar-refractivity contribution in [2.24, 2.45) is 0 Å². The van der Waals surface area contributed by atoms with E-state index in [4.69, 9.17) is 0 Å². The number of thiophene rings is 1. The molecule has 2 atom stereocenters. The molecule has 0 bridgehead atoms. The lowest BCUT2D eigenvalue weighted by atomic mass is 10.1. The zero-order chi connectivity index (χ0) is 13.4. The van der Waals surface area contributed by atoms with Crippen molar-refractivity contribution < 1.29 is 9.90 Å². The molecular formula is C14H12INO2S. The van der Waals surface area contributed by atoms with Crippen LogP contribution in [0.2, 0.25) is 0 Å². The summed E-state index contributed by atoms with van der Waals surface area (Å²) in [6, 6.07) is 9.40. The summed E-state index contributed by atoms with van der Waals surface area (Å²) in [7, 11) is 0. The third-order valence-electron chi connectivity index (χ3n) is 3.32. The van der Waals surface area contributed by atoms with Crippen LogP contribution in [0, 0.1) is 2.88 Å². The van der Waals surface area contributed by atoms with Gasteiger partial charge in [0, 0.05) is 11.8 Å². The van der Waals surface area contributed by atoms with Crippen molar-refractivity contribution in [1.29, 1.82) is 0 Å². The number of aliphatic hydroxyl groups is 1. The van der Waals surface area contributed by atoms with Crippen LogP contribution in [0.3, 0.4) is 0 Å². The van der Waals surface area contributed by atoms with Crippen LogP contribution in [-0.2, 0) is 6.42 Å². The average molecular weight is 385 g/mol. The molecule has 98 valence electrons. The highest BCUT2D eigenvalue weighted by molar-refractivity contribution is 14.1. The van der Waals surface area contributed by atoms with Gasteiger partial charge in [0.1, 0.15) is 0 Å². The minimum Gasteiger partial charge on any atom is -0.390 e. The molecule has 2 aromatic rings. The molecule has 1 aromatic heterocycles. The van der Waals surface area contributed by atoms with E-state index in [9.17, 15) is 9.90 Å². The van der Waals surface area contributed by atoms with E-state index in [2.05, 4.69) is 27.9 Å². The highest BCUT2D eigenvalue weighted by atomic mass is 127. The predicted octanol–water partition coefficient (Wildman–Crippen LogP) is 2.74. The van der Waals surface area contributed by atoms with Crippen LogP contribution in [0.25, 0.3) is 0 Å². The summed E-state index contributed by atoms with van der Waals surface area (Å²) < 4.78 is 1.08. The number of fused-ring (bicyclic) bond motifs is 1. The monoisotopic (exact) mass is 385 g/mol. The van der Waals surface area contributed by atoms with Gasteiger partial charge in [-0.15, -0.1) is 11.3 Å². The van der Waals surface area contributed by atoms with E-state index >= 15 is 0 Å². The molecule has 0 saturated heterocycles. The fourth-order valence-electron chi connectivity index (χ4n) is 2.40. The Hall–Kier alpha value is -0.920. The summed E-state index contributed by atoms with van der Waals surface area (Å²) in [5.74, 6) is -0.125. The van der Waals surface area contributed by atoms with Crippen LogP contribution in [0.5, 0.6) is 0 Å². The maximum absolute atomic E-state index is 12.2. The highest BCUT2D eigenvalue weighted by Gasteiger charge is 2.32. The average Bonchev–Trinajstić information content (AvgIpc) is 2.95. The molecular weight excluding hydrogens is 373 g/mol. The number of benzene rings is 1. The van der Waals surface area contributed by atoms with E-state index in [1.807, 2.05) is 35.7 Å². The topological polar surface area (TPSA) is 49.3 Å². The zero-order valence-electron chi connectivity index (χ0n) is 9.97. The van der Waals surface area contributed by atoms with Gasteiger partial charge in [0.05, 0.1) is 20.6 Å². The number of hydrogen-bond donors (Lipinski definition) is 2. The quantitative estimate of drug-likeness (QED) is 0.782. The van der Waals surface area contributed by atoms with Gasteiger partial charge in [-0.2, -0.15) is 0 Å². The predicted molar refractivity (Wildman–Crippen MR) is 83.4 cm³/mol. The summed E-state index contributed by atoms with van der Waals surface area (Å²) in [6.45, 7) is 0. The van der Waals surface area contributed by atoms with Crippen LogP contribution in [0.1, 0.15) is 27.5 Å². The van der Waals surface area contributed by atoms with Gasteiger partial charge in [0.2, 0.25) is 0 Å². The second kappa shape index (κ2) is 5.22. The standard InChI is InChI=1S/C14H12INO2S/c15-12-6-9(7-19-12)14(18)16-13-10-4-2-1-3-8(10)5-11(13)17/h1-4,6-7,11,13,17H,5H2,(H,16,18)/t11-,13+/m1/s1. The van der Waals surface area contributed by atoms with Crippen LogP contribution in [-0.4, -0.2) is 17.1 Å². The molecule has 1 aliphatic rings. The molecule has 3 nitrogen and oxygen atoms in total. The van der Waals surface area contributed by atoms with Crippen molar-refractivity contribution in [2.45, 2.75) is 18.6 Å². The van der Waals surface area contributed by atoms with Crippen molar-refractivity contribution in [3.63, 3.8) is 0 Å². The molecule has 3 rings (SSSR count). The Labute approximate surface area is 128 Å². The molecule has 19 heavy (non-hydrogen) atoms. The fourth-order valence-corrected chi connectivity index (χ4v) is 3.73. The lowest BCUT2D eigenvalue weighted by Crippen LogP contribution is -2.33. The van der Waals surface area contributed by atoms with E-state index in [0.29, 0.717) is 12.0 Å². The fraction of sp³-hybridized carbons (Fsp3) is 0.214. The molecule has 1 heterocycles. The maximum Gasteiger partial charge on any atom is 0.252 e. The lowest BCUT2D eigenvalue weighted by Gasteiger charge is -2.17. The molecule has 0 aliphatic heterocycles. The maximum atomic E-state index is 12.2. The Balaban J connectivity index is 1.82. The Morgan fingerprint density at radius 1 is 1.42 bits per heavy atom. The van der Waals surface area contributed by atoms with Crippen LogP contribution in [0.15, 0.2) is 35.7 Å². The summed E-state index contributed by atoms with van der Waals surface area (Å²) >= 11 is 3.73. The number of halogens is 1. The van der Waals surface area contributed by atoms with E-state index in [1.54, 1.807) is 11.3 Å². The first-order chi connectivity index (χ1) is 9.15. The third-order valence-corrected chi connectivity index (χ3v) is 5.11. The first kappa shape index (κ1) is 13.1. The number of carbonyl (C=O) groups is 1. The van der Waals surface area contributed by atoms with Crippen molar-refractivity contribution in [3.05, 3.63) is 55.3 Å². The second-order valence-electron chi connectivity index (χ2n) is 4.56. The Kier molecular flexibility index (Phi) is 3.60. The third kappa shape index (κ3) is 2.54. The normalized spacial score (nSPS) is 21.2. The summed E-state index contributed by atoms with van der Waals surface area (Å²) in [5, 5.41) is 14.9. The number of amides is 1. The van der Waals surface area contributed by atoms with Gasteiger partial charge in [-0.3, -0.25) is 4.79 Å². The van der Waals surface area contributed by atoms with Gasteiger partial charge in [-0.25, -0.2) is 0 Å². The number of hydrogen-bond acceptors (Lipinski definition) is 3. The van der Waals surface area contributed by atoms with Gasteiger partial charge >= 0.3 is 0 Å². The number of carbonyl (C=O) groups excluding carboxylic acids is 1. The van der Waals surface area contributed by atoms with E-state index in [1.165, 1.54) is 0 Å². The summed E-state index contributed by atoms with van der Waals surface area (Å²) in [5.41, 5.74) is 2.79. The Morgan fingerprint density at radius 2 is 2.21 bits per heavy atom. The molecule has 5 heteroatoms. The number of aliphatic hydroxyl groups excluding tert-OH is 1. The SMILES string of the molecule is O=C(N[C@H]1c2ccccc2C[C@H]1O)c1csc(I)c1. The van der Waals surface area contributed by atoms with Crippen LogP contribution < -0.4 is 5.32 Å². The molecule has 2 N–H and O–H groups in total. The van der Waals surface area contributed by atoms with Crippen molar-refractivity contribution in [3.8, 4) is 0 Å². The summed E-state index contributed by atoms with van der Waals surface area (Å²) in [6.07, 6.45) is 0.0570. The van der Waals surface area contributed by atoms with Gasteiger partial charge in [-0.1, -0.05) is 24.3 Å². The van der Waals surface area contributed by atoms with E-state index in [-0.39, 0.29) is 11.9 Å². The highest BCUT2D eigenvalue weighted by Crippen LogP contribution is 2.31. The molecule has 0 spiro atoms. The molecule has 1 aliphatic carbocycles. The molecule has 1 aromatic carbocycles. The Bertz CT molecular complexity index is 625. The van der Waals surface area contributed by atoms with Crippen molar-refractivity contribution in [2.75, 3.05) is 0 Å². The molecule has 0 unspecified atom stereocenters. The smallest absolute Gasteiger partial charge is 0.252 e. The summed E-state index contributed by atoms with van der Waals surface area (Å²) in [4.78, 5) is 12.2. The van der Waals surface area contributed by atoms with Gasteiger partial charge in [-0.05, 0) is 39.8 Å². The number of rotatable bonds is 2. The van der Waals surface area contributed by atoms with Crippen molar-refractivity contribution >= 4 is 39.8 Å². The van der Waals surface area contributed by atoms with Gasteiger partial charge < -0.3 is 10.4 Å². The van der Waals surface area contributed by atoms with Crippen LogP contribution >= 0.6 is 33.9 Å². The molecule has 0 radical (unpaired) electrons. The molecule has 1 amide bonds. The minimum atomic E-state index is -0.543. The number of nitrogens with one attached hydrogen (secondary N) is 1. The first-order valence-electron chi connectivity index (χ1n) is 5.96. The minimum absolute atomic E-state index is 0.125. The lowest BCUT2D eigenvalue weighted by molar-refractivity contribution is 0.0858. The van der Waals surface area contributed by atoms with Crippen molar-refractivity contribution in [1.82, 2.24) is 5.32 Å². The van der Waals surface area contributed by atoms with Gasteiger partial charge in [0.25, 0.3) is 5.91 Å². The Morgan fingerprint density at radius 3 is 2.95 bits per heavy atom. The zero-order valence-corrected chi connectivity index (χ0v) is 12.9. The molecule has 0 fully saturated rings. The van der Waals surface area contributed by atoms with E-state index in [0.717, 1.165) is 14.0 Å². The van der Waals surface area contributed by atoms with Gasteiger partial charge in [0.15, 0.2) is 0 Å². The first-order valence-corrected chi connectivity index (χ1v) is 7.92. The van der Waals surface area contributed by atoms with Crippen LogP contribution in [0.4, 0.5) is 0 Å². The largest absolute Gasteiger partial charge is 0.390 e. The molecule has 0 saturated carbocycles. The second-order valence-corrected chi connectivity index (χ2v) is 7.37.